The van der Waals surface area contributed by atoms with E-state index in [9.17, 15) is 4.79 Å². The minimum Gasteiger partial charge on any atom is -0.481 e. The summed E-state index contributed by atoms with van der Waals surface area (Å²) in [6.45, 7) is 0. The number of imidazole rings is 1. The maximum atomic E-state index is 10.9. The fraction of sp³-hybridized carbons (Fsp3) is 0.182. The number of nitrogens with zero attached hydrogens (tertiary/aromatic N) is 2. The van der Waals surface area contributed by atoms with Gasteiger partial charge in [0.25, 0.3) is 0 Å². The molecule has 0 saturated heterocycles. The lowest BCUT2D eigenvalue weighted by Gasteiger charge is -2.12. The molecule has 88 valence electrons. The molecule has 0 bridgehead atoms. The first-order chi connectivity index (χ1) is 8.16. The summed E-state index contributed by atoms with van der Waals surface area (Å²) in [5.74, 6) is -0.522. The number of hydrogen-bond acceptors (Lipinski definition) is 3. The molecule has 1 unspecified atom stereocenters. The summed E-state index contributed by atoms with van der Waals surface area (Å²) in [5, 5.41) is 8.94. The fourth-order valence-corrected chi connectivity index (χ4v) is 1.94. The van der Waals surface area contributed by atoms with E-state index in [0.717, 1.165) is 10.2 Å². The van der Waals surface area contributed by atoms with Crippen molar-refractivity contribution < 1.29 is 9.90 Å². The lowest BCUT2D eigenvalue weighted by atomic mass is 9.96. The van der Waals surface area contributed by atoms with Gasteiger partial charge in [-0.25, -0.2) is 4.98 Å². The Kier molecular flexibility index (Phi) is 3.53. The number of carboxylic acids is 1. The zero-order valence-electron chi connectivity index (χ0n) is 8.80. The number of H-pyrrole nitrogens is 1. The van der Waals surface area contributed by atoms with E-state index in [1.165, 1.54) is 0 Å². The number of rotatable bonds is 4. The van der Waals surface area contributed by atoms with Crippen molar-refractivity contribution in [1.29, 1.82) is 0 Å². The quantitative estimate of drug-likeness (QED) is 0.906. The Labute approximate surface area is 106 Å². The summed E-state index contributed by atoms with van der Waals surface area (Å²) < 4.78 is 0.733. The third-order valence-electron chi connectivity index (χ3n) is 2.38. The van der Waals surface area contributed by atoms with Gasteiger partial charge < -0.3 is 10.1 Å². The molecular weight excluding hydrogens is 286 g/mol. The smallest absolute Gasteiger partial charge is 0.304 e. The summed E-state index contributed by atoms with van der Waals surface area (Å²) in [4.78, 5) is 22.0. The van der Waals surface area contributed by atoms with E-state index < -0.39 is 5.97 Å². The molecule has 0 aliphatic heterocycles. The zero-order chi connectivity index (χ0) is 12.3. The van der Waals surface area contributed by atoms with Crippen LogP contribution in [0.25, 0.3) is 0 Å². The summed E-state index contributed by atoms with van der Waals surface area (Å²) in [6.07, 6.45) is 4.89. The fourth-order valence-electron chi connectivity index (χ4n) is 1.63. The molecule has 0 saturated carbocycles. The van der Waals surface area contributed by atoms with Crippen molar-refractivity contribution in [1.82, 2.24) is 15.0 Å². The van der Waals surface area contributed by atoms with Crippen molar-refractivity contribution in [2.75, 3.05) is 0 Å². The normalized spacial score (nSPS) is 12.3. The highest BCUT2D eigenvalue weighted by atomic mass is 79.9. The number of pyridine rings is 1. The Bertz CT molecular complexity index is 512. The molecule has 2 rings (SSSR count). The first kappa shape index (κ1) is 11.8. The van der Waals surface area contributed by atoms with Gasteiger partial charge in [-0.1, -0.05) is 0 Å². The average molecular weight is 296 g/mol. The van der Waals surface area contributed by atoms with Crippen LogP contribution in [0, 0.1) is 0 Å². The van der Waals surface area contributed by atoms with E-state index in [0.29, 0.717) is 5.82 Å². The summed E-state index contributed by atoms with van der Waals surface area (Å²) in [6, 6.07) is 3.59. The van der Waals surface area contributed by atoms with E-state index in [4.69, 9.17) is 5.11 Å². The maximum absolute atomic E-state index is 10.9. The number of aliphatic carboxylic acids is 1. The summed E-state index contributed by atoms with van der Waals surface area (Å²) in [5.41, 5.74) is 0.879. The number of carboxylic acid groups (broad SMARTS) is 1. The molecule has 2 N–H and O–H groups in total. The molecule has 17 heavy (non-hydrogen) atoms. The average Bonchev–Trinajstić information content (AvgIpc) is 2.73. The van der Waals surface area contributed by atoms with Crippen molar-refractivity contribution in [2.24, 2.45) is 0 Å². The van der Waals surface area contributed by atoms with Crippen LogP contribution in [0.15, 0.2) is 35.3 Å². The lowest BCUT2D eigenvalue weighted by molar-refractivity contribution is -0.137. The SMILES string of the molecule is O=C(O)CC(c1ccncc1)c1ncc(Br)[nH]1. The topological polar surface area (TPSA) is 78.9 Å². The summed E-state index contributed by atoms with van der Waals surface area (Å²) >= 11 is 3.26. The van der Waals surface area contributed by atoms with Crippen molar-refractivity contribution >= 4 is 21.9 Å². The van der Waals surface area contributed by atoms with Crippen LogP contribution in [0.1, 0.15) is 23.7 Å². The Morgan fingerprint density at radius 1 is 1.47 bits per heavy atom. The molecule has 2 heterocycles. The largest absolute Gasteiger partial charge is 0.481 e. The number of halogens is 1. The number of nitrogens with one attached hydrogen (secondary N) is 1. The molecule has 0 amide bonds. The van der Waals surface area contributed by atoms with Gasteiger partial charge in [-0.15, -0.1) is 0 Å². The van der Waals surface area contributed by atoms with Gasteiger partial charge in [0.05, 0.1) is 18.5 Å². The van der Waals surface area contributed by atoms with Crippen LogP contribution in [-0.4, -0.2) is 26.0 Å². The highest BCUT2D eigenvalue weighted by Gasteiger charge is 2.20. The second-order valence-corrected chi connectivity index (χ2v) is 4.40. The molecule has 5 nitrogen and oxygen atoms in total. The van der Waals surface area contributed by atoms with Crippen LogP contribution in [0.4, 0.5) is 0 Å². The van der Waals surface area contributed by atoms with E-state index in [1.54, 1.807) is 30.7 Å². The standard InChI is InChI=1S/C11H10BrN3O2/c12-9-6-14-11(15-9)8(5-10(16)17)7-1-3-13-4-2-7/h1-4,6,8H,5H2,(H,14,15)(H,16,17). The molecule has 2 aromatic rings. The lowest BCUT2D eigenvalue weighted by Crippen LogP contribution is -2.09. The molecule has 0 spiro atoms. The van der Waals surface area contributed by atoms with Crippen molar-refractivity contribution in [2.45, 2.75) is 12.3 Å². The third-order valence-corrected chi connectivity index (χ3v) is 2.78. The predicted octanol–water partition coefficient (Wildman–Crippen LogP) is 2.17. The monoisotopic (exact) mass is 295 g/mol. The van der Waals surface area contributed by atoms with Gasteiger partial charge >= 0.3 is 5.97 Å². The van der Waals surface area contributed by atoms with E-state index in [2.05, 4.69) is 30.9 Å². The van der Waals surface area contributed by atoms with E-state index in [-0.39, 0.29) is 12.3 Å². The second-order valence-electron chi connectivity index (χ2n) is 3.55. The van der Waals surface area contributed by atoms with Gasteiger partial charge in [-0.05, 0) is 33.6 Å². The third kappa shape index (κ3) is 2.91. The molecule has 0 aliphatic rings. The number of aromatic nitrogens is 3. The first-order valence-electron chi connectivity index (χ1n) is 4.99. The van der Waals surface area contributed by atoms with E-state index >= 15 is 0 Å². The zero-order valence-corrected chi connectivity index (χ0v) is 10.4. The van der Waals surface area contributed by atoms with Crippen molar-refractivity contribution in [3.63, 3.8) is 0 Å². The van der Waals surface area contributed by atoms with Crippen molar-refractivity contribution in [3.05, 3.63) is 46.7 Å². The highest BCUT2D eigenvalue weighted by molar-refractivity contribution is 9.10. The van der Waals surface area contributed by atoms with Crippen LogP contribution in [-0.2, 0) is 4.79 Å². The molecule has 2 aromatic heterocycles. The second kappa shape index (κ2) is 5.09. The number of hydrogen-bond donors (Lipinski definition) is 2. The van der Waals surface area contributed by atoms with Crippen LogP contribution in [0.2, 0.25) is 0 Å². The van der Waals surface area contributed by atoms with Crippen molar-refractivity contribution in [3.8, 4) is 0 Å². The highest BCUT2D eigenvalue weighted by Crippen LogP contribution is 2.26. The molecule has 6 heteroatoms. The minimum absolute atomic E-state index is 0.00995. The van der Waals surface area contributed by atoms with Gasteiger partial charge in [0.2, 0.25) is 0 Å². The van der Waals surface area contributed by atoms with Gasteiger partial charge in [0.15, 0.2) is 0 Å². The summed E-state index contributed by atoms with van der Waals surface area (Å²) in [7, 11) is 0. The van der Waals surface area contributed by atoms with E-state index in [1.807, 2.05) is 0 Å². The predicted molar refractivity (Wildman–Crippen MR) is 64.6 cm³/mol. The van der Waals surface area contributed by atoms with Crippen LogP contribution in [0.5, 0.6) is 0 Å². The van der Waals surface area contributed by atoms with Crippen LogP contribution < -0.4 is 0 Å². The molecule has 0 aromatic carbocycles. The van der Waals surface area contributed by atoms with Gasteiger partial charge in [-0.3, -0.25) is 9.78 Å². The molecule has 1 atom stereocenters. The molecular formula is C11H10BrN3O2. The van der Waals surface area contributed by atoms with Gasteiger partial charge in [0.1, 0.15) is 10.4 Å². The molecule has 0 radical (unpaired) electrons. The first-order valence-corrected chi connectivity index (χ1v) is 5.78. The van der Waals surface area contributed by atoms with Crippen LogP contribution in [0.3, 0.4) is 0 Å². The molecule has 0 aliphatic carbocycles. The minimum atomic E-state index is -0.862. The van der Waals surface area contributed by atoms with Crippen LogP contribution >= 0.6 is 15.9 Å². The Hall–Kier alpha value is -1.69. The maximum Gasteiger partial charge on any atom is 0.304 e. The Morgan fingerprint density at radius 3 is 2.71 bits per heavy atom. The Balaban J connectivity index is 2.35. The number of carbonyl (C=O) groups is 1. The van der Waals surface area contributed by atoms with Gasteiger partial charge in [0, 0.05) is 12.4 Å². The molecule has 0 fully saturated rings. The number of aromatic amines is 1. The van der Waals surface area contributed by atoms with Gasteiger partial charge in [-0.2, -0.15) is 0 Å². The Morgan fingerprint density at radius 2 is 2.18 bits per heavy atom.